The average Bonchev–Trinajstić information content (AvgIpc) is 2.65. The van der Waals surface area contributed by atoms with Gasteiger partial charge in [0, 0.05) is 13.0 Å². The number of rotatable bonds is 10. The summed E-state index contributed by atoms with van der Waals surface area (Å²) in [5.41, 5.74) is 1.75. The molecule has 0 aliphatic carbocycles. The molecule has 1 N–H and O–H groups in total. The first-order chi connectivity index (χ1) is 13.0. The van der Waals surface area contributed by atoms with Gasteiger partial charge in [-0.25, -0.2) is 4.39 Å². The van der Waals surface area contributed by atoms with E-state index in [1.165, 1.54) is 12.1 Å². The Bertz CT molecular complexity index is 746. The van der Waals surface area contributed by atoms with Crippen LogP contribution in [0.15, 0.2) is 42.5 Å². The monoisotopic (exact) mass is 373 g/mol. The van der Waals surface area contributed by atoms with E-state index in [-0.39, 0.29) is 11.7 Å². The second-order valence-corrected chi connectivity index (χ2v) is 6.92. The molecule has 0 atom stereocenters. The van der Waals surface area contributed by atoms with Crippen LogP contribution in [0.2, 0.25) is 0 Å². The van der Waals surface area contributed by atoms with Gasteiger partial charge in [0.2, 0.25) is 5.91 Å². The number of halogens is 1. The fourth-order valence-corrected chi connectivity index (χ4v) is 2.59. The van der Waals surface area contributed by atoms with Crippen LogP contribution >= 0.6 is 0 Å². The molecule has 2 aromatic rings. The van der Waals surface area contributed by atoms with Crippen LogP contribution in [0.1, 0.15) is 37.8 Å². The lowest BCUT2D eigenvalue weighted by Crippen LogP contribution is -2.23. The molecule has 27 heavy (non-hydrogen) atoms. The summed E-state index contributed by atoms with van der Waals surface area (Å²) in [4.78, 5) is 12.0. The summed E-state index contributed by atoms with van der Waals surface area (Å²) in [5, 5.41) is 2.88. The van der Waals surface area contributed by atoms with Crippen LogP contribution in [-0.2, 0) is 17.8 Å². The highest BCUT2D eigenvalue weighted by molar-refractivity contribution is 5.76. The van der Waals surface area contributed by atoms with Crippen LogP contribution in [-0.4, -0.2) is 19.6 Å². The fourth-order valence-electron chi connectivity index (χ4n) is 2.59. The van der Waals surface area contributed by atoms with Crippen LogP contribution in [0.4, 0.5) is 4.39 Å². The van der Waals surface area contributed by atoms with Crippen molar-refractivity contribution < 1.29 is 18.7 Å². The van der Waals surface area contributed by atoms with Gasteiger partial charge in [-0.1, -0.05) is 32.0 Å². The molecular weight excluding hydrogens is 345 g/mol. The molecule has 0 aromatic heterocycles. The Kier molecular flexibility index (Phi) is 8.11. The highest BCUT2D eigenvalue weighted by Crippen LogP contribution is 2.28. The second kappa shape index (κ2) is 10.6. The summed E-state index contributed by atoms with van der Waals surface area (Å²) >= 11 is 0. The number of benzene rings is 2. The quantitative estimate of drug-likeness (QED) is 0.667. The molecule has 0 unspecified atom stereocenters. The first kappa shape index (κ1) is 20.7. The Balaban J connectivity index is 1.83. The maximum absolute atomic E-state index is 13.2. The van der Waals surface area contributed by atoms with Gasteiger partial charge >= 0.3 is 0 Å². The normalized spacial score (nSPS) is 10.7. The highest BCUT2D eigenvalue weighted by atomic mass is 19.1. The van der Waals surface area contributed by atoms with Gasteiger partial charge in [-0.15, -0.1) is 0 Å². The van der Waals surface area contributed by atoms with Crippen molar-refractivity contribution in [3.8, 4) is 11.5 Å². The Morgan fingerprint density at radius 2 is 1.93 bits per heavy atom. The number of ether oxygens (including phenoxy) is 2. The van der Waals surface area contributed by atoms with Crippen LogP contribution in [0.25, 0.3) is 0 Å². The zero-order chi connectivity index (χ0) is 19.6. The number of hydrogen-bond acceptors (Lipinski definition) is 3. The van der Waals surface area contributed by atoms with Gasteiger partial charge in [0.25, 0.3) is 0 Å². The molecule has 0 aliphatic heterocycles. The van der Waals surface area contributed by atoms with E-state index < -0.39 is 0 Å². The minimum atomic E-state index is -0.282. The van der Waals surface area contributed by atoms with Gasteiger partial charge in [-0.2, -0.15) is 0 Å². The fraction of sp³-hybridized carbons (Fsp3) is 0.409. The number of carbonyl (C=O) groups is 1. The van der Waals surface area contributed by atoms with Crippen molar-refractivity contribution in [3.05, 3.63) is 59.4 Å². The van der Waals surface area contributed by atoms with E-state index in [9.17, 15) is 9.18 Å². The molecule has 0 radical (unpaired) electrons. The molecule has 0 fully saturated rings. The molecule has 4 nitrogen and oxygen atoms in total. The van der Waals surface area contributed by atoms with Gasteiger partial charge in [0.1, 0.15) is 5.82 Å². The van der Waals surface area contributed by atoms with Crippen molar-refractivity contribution in [1.29, 1.82) is 0 Å². The molecule has 2 aromatic carbocycles. The van der Waals surface area contributed by atoms with Crippen LogP contribution in [0, 0.1) is 11.7 Å². The number of methoxy groups -OCH3 is 1. The SMILES string of the molecule is COc1cc(CNC(=O)CCc2cccc(F)c2)ccc1OCCC(C)C. The molecule has 0 saturated carbocycles. The van der Waals surface area contributed by atoms with Crippen LogP contribution in [0.3, 0.4) is 0 Å². The van der Waals surface area contributed by atoms with Crippen molar-refractivity contribution in [2.24, 2.45) is 5.92 Å². The van der Waals surface area contributed by atoms with E-state index in [0.29, 0.717) is 43.4 Å². The van der Waals surface area contributed by atoms with Gasteiger partial charge in [0.05, 0.1) is 13.7 Å². The van der Waals surface area contributed by atoms with E-state index in [1.807, 2.05) is 24.3 Å². The molecule has 0 bridgehead atoms. The van der Waals surface area contributed by atoms with Crippen molar-refractivity contribution in [2.75, 3.05) is 13.7 Å². The predicted molar refractivity (Wildman–Crippen MR) is 105 cm³/mol. The number of carbonyl (C=O) groups excluding carboxylic acids is 1. The minimum Gasteiger partial charge on any atom is -0.493 e. The third-order valence-electron chi connectivity index (χ3n) is 4.20. The van der Waals surface area contributed by atoms with E-state index in [4.69, 9.17) is 9.47 Å². The maximum Gasteiger partial charge on any atom is 0.220 e. The molecule has 0 spiro atoms. The lowest BCUT2D eigenvalue weighted by molar-refractivity contribution is -0.121. The third-order valence-corrected chi connectivity index (χ3v) is 4.20. The summed E-state index contributed by atoms with van der Waals surface area (Å²) in [5.74, 6) is 1.59. The molecule has 2 rings (SSSR count). The van der Waals surface area contributed by atoms with Crippen LogP contribution in [0.5, 0.6) is 11.5 Å². The molecule has 0 aliphatic rings. The summed E-state index contributed by atoms with van der Waals surface area (Å²) in [6.07, 6.45) is 1.80. The lowest BCUT2D eigenvalue weighted by atomic mass is 10.1. The largest absolute Gasteiger partial charge is 0.493 e. The smallest absolute Gasteiger partial charge is 0.220 e. The van der Waals surface area contributed by atoms with Gasteiger partial charge in [0.15, 0.2) is 11.5 Å². The number of nitrogens with one attached hydrogen (secondary N) is 1. The van der Waals surface area contributed by atoms with Crippen LogP contribution < -0.4 is 14.8 Å². The van der Waals surface area contributed by atoms with Crippen molar-refractivity contribution in [3.63, 3.8) is 0 Å². The molecule has 1 amide bonds. The third kappa shape index (κ3) is 7.29. The first-order valence-corrected chi connectivity index (χ1v) is 9.28. The number of hydrogen-bond donors (Lipinski definition) is 1. The lowest BCUT2D eigenvalue weighted by Gasteiger charge is -2.13. The molecule has 0 heterocycles. The molecule has 146 valence electrons. The van der Waals surface area contributed by atoms with E-state index in [2.05, 4.69) is 19.2 Å². The van der Waals surface area contributed by atoms with Gasteiger partial charge in [-0.05, 0) is 54.2 Å². The molecule has 0 saturated heterocycles. The first-order valence-electron chi connectivity index (χ1n) is 9.28. The Labute approximate surface area is 160 Å². The topological polar surface area (TPSA) is 47.6 Å². The molecule has 5 heteroatoms. The van der Waals surface area contributed by atoms with Crippen molar-refractivity contribution in [1.82, 2.24) is 5.32 Å². The second-order valence-electron chi connectivity index (χ2n) is 6.92. The highest BCUT2D eigenvalue weighted by Gasteiger charge is 2.08. The average molecular weight is 373 g/mol. The number of aryl methyl sites for hydroxylation is 1. The maximum atomic E-state index is 13.2. The van der Waals surface area contributed by atoms with E-state index >= 15 is 0 Å². The van der Waals surface area contributed by atoms with Crippen molar-refractivity contribution in [2.45, 2.75) is 39.7 Å². The van der Waals surface area contributed by atoms with E-state index in [1.54, 1.807) is 13.2 Å². The summed E-state index contributed by atoms with van der Waals surface area (Å²) in [6.45, 7) is 5.36. The molecular formula is C22H28FNO3. The Morgan fingerprint density at radius 3 is 2.63 bits per heavy atom. The Morgan fingerprint density at radius 1 is 1.11 bits per heavy atom. The number of amides is 1. The zero-order valence-electron chi connectivity index (χ0n) is 16.3. The van der Waals surface area contributed by atoms with E-state index in [0.717, 1.165) is 17.5 Å². The summed E-state index contributed by atoms with van der Waals surface area (Å²) in [7, 11) is 1.60. The minimum absolute atomic E-state index is 0.0736. The predicted octanol–water partition coefficient (Wildman–Crippen LogP) is 4.51. The summed E-state index contributed by atoms with van der Waals surface area (Å²) < 4.78 is 24.3. The Hall–Kier alpha value is -2.56. The zero-order valence-corrected chi connectivity index (χ0v) is 16.3. The summed E-state index contributed by atoms with van der Waals surface area (Å²) in [6, 6.07) is 12.0. The van der Waals surface area contributed by atoms with Gasteiger partial charge < -0.3 is 14.8 Å². The van der Waals surface area contributed by atoms with Crippen molar-refractivity contribution >= 4 is 5.91 Å². The standard InChI is InChI=1S/C22H28FNO3/c1-16(2)11-12-27-20-9-7-18(14-21(20)26-3)15-24-22(25)10-8-17-5-4-6-19(23)13-17/h4-7,9,13-14,16H,8,10-12,15H2,1-3H3,(H,24,25). The van der Waals surface area contributed by atoms with Gasteiger partial charge in [-0.3, -0.25) is 4.79 Å².